The quantitative estimate of drug-likeness (QED) is 0.310. The standard InChI is InChI=1S/C26H40N4O4/c1-18(2)14-20(16-24(31)32)25(33)29-19(3)15-21-17-30(23-11-7-6-10-22(21)23)26(34)28-13-9-5-4-8-12-27/h6-7,10-11,17-20H,4-5,8-9,12-16,27H2,1-3H3,(H,28,34)(H,29,33)(H,31,32)/t19-,20?/m1/s1. The summed E-state index contributed by atoms with van der Waals surface area (Å²) in [5.41, 5.74) is 7.29. The Morgan fingerprint density at radius 1 is 1.06 bits per heavy atom. The van der Waals surface area contributed by atoms with Crippen LogP contribution in [0.5, 0.6) is 0 Å². The Morgan fingerprint density at radius 2 is 1.76 bits per heavy atom. The average Bonchev–Trinajstić information content (AvgIpc) is 3.13. The topological polar surface area (TPSA) is 126 Å². The number of hydrogen-bond acceptors (Lipinski definition) is 4. The molecule has 1 unspecified atom stereocenters. The monoisotopic (exact) mass is 472 g/mol. The van der Waals surface area contributed by atoms with E-state index < -0.39 is 11.9 Å². The molecular formula is C26H40N4O4. The number of carbonyl (C=O) groups excluding carboxylic acids is 2. The van der Waals surface area contributed by atoms with Gasteiger partial charge in [0.05, 0.1) is 11.9 Å². The first-order valence-electron chi connectivity index (χ1n) is 12.3. The molecule has 8 heteroatoms. The summed E-state index contributed by atoms with van der Waals surface area (Å²) in [4.78, 5) is 36.8. The molecule has 0 fully saturated rings. The smallest absolute Gasteiger partial charge is 0.326 e. The third kappa shape index (κ3) is 8.48. The summed E-state index contributed by atoms with van der Waals surface area (Å²) in [6.07, 6.45) is 6.73. The third-order valence-corrected chi connectivity index (χ3v) is 5.88. The number of aromatic nitrogens is 1. The molecule has 2 atom stereocenters. The van der Waals surface area contributed by atoms with Gasteiger partial charge in [0.1, 0.15) is 0 Å². The molecule has 0 radical (unpaired) electrons. The molecule has 188 valence electrons. The predicted molar refractivity (Wildman–Crippen MR) is 135 cm³/mol. The number of benzene rings is 1. The van der Waals surface area contributed by atoms with Crippen LogP contribution in [-0.2, 0) is 16.0 Å². The van der Waals surface area contributed by atoms with E-state index in [4.69, 9.17) is 5.73 Å². The highest BCUT2D eigenvalue weighted by molar-refractivity contribution is 5.93. The van der Waals surface area contributed by atoms with Crippen LogP contribution in [0.3, 0.4) is 0 Å². The van der Waals surface area contributed by atoms with Crippen molar-refractivity contribution in [3.8, 4) is 0 Å². The predicted octanol–water partition coefficient (Wildman–Crippen LogP) is 3.90. The molecule has 1 aromatic heterocycles. The molecule has 34 heavy (non-hydrogen) atoms. The summed E-state index contributed by atoms with van der Waals surface area (Å²) in [7, 11) is 0. The normalized spacial score (nSPS) is 13.1. The Kier molecular flexibility index (Phi) is 11.1. The first kappa shape index (κ1) is 27.4. The van der Waals surface area contributed by atoms with Gasteiger partial charge >= 0.3 is 12.0 Å². The fraction of sp³-hybridized carbons (Fsp3) is 0.577. The summed E-state index contributed by atoms with van der Waals surface area (Å²) in [6.45, 7) is 7.16. The Hall–Kier alpha value is -2.87. The molecule has 1 heterocycles. The van der Waals surface area contributed by atoms with E-state index in [0.717, 1.165) is 42.1 Å². The fourth-order valence-electron chi connectivity index (χ4n) is 4.29. The molecule has 0 aliphatic heterocycles. The van der Waals surface area contributed by atoms with Crippen molar-refractivity contribution in [3.05, 3.63) is 36.0 Å². The Bertz CT molecular complexity index is 953. The minimum Gasteiger partial charge on any atom is -0.481 e. The van der Waals surface area contributed by atoms with E-state index in [-0.39, 0.29) is 30.3 Å². The maximum atomic E-state index is 12.8. The van der Waals surface area contributed by atoms with Gasteiger partial charge in [-0.05, 0) is 56.7 Å². The van der Waals surface area contributed by atoms with Gasteiger partial charge in [-0.1, -0.05) is 44.9 Å². The van der Waals surface area contributed by atoms with Crippen molar-refractivity contribution in [2.75, 3.05) is 13.1 Å². The Morgan fingerprint density at radius 3 is 2.44 bits per heavy atom. The molecule has 2 rings (SSSR count). The molecule has 5 N–H and O–H groups in total. The second-order valence-corrected chi connectivity index (χ2v) is 9.51. The van der Waals surface area contributed by atoms with Gasteiger partial charge in [-0.3, -0.25) is 14.2 Å². The van der Waals surface area contributed by atoms with E-state index in [2.05, 4.69) is 10.6 Å². The van der Waals surface area contributed by atoms with Gasteiger partial charge in [0.15, 0.2) is 0 Å². The number of rotatable bonds is 14. The summed E-state index contributed by atoms with van der Waals surface area (Å²) in [5.74, 6) is -1.54. The summed E-state index contributed by atoms with van der Waals surface area (Å²) < 4.78 is 1.63. The van der Waals surface area contributed by atoms with Crippen molar-refractivity contribution < 1.29 is 19.5 Å². The van der Waals surface area contributed by atoms with E-state index in [9.17, 15) is 19.5 Å². The summed E-state index contributed by atoms with van der Waals surface area (Å²) in [6, 6.07) is 7.34. The van der Waals surface area contributed by atoms with Crippen LogP contribution in [0.4, 0.5) is 4.79 Å². The first-order chi connectivity index (χ1) is 16.2. The number of aliphatic carboxylic acids is 1. The van der Waals surface area contributed by atoms with Crippen LogP contribution in [0, 0.1) is 11.8 Å². The van der Waals surface area contributed by atoms with Crippen LogP contribution in [0.25, 0.3) is 10.9 Å². The van der Waals surface area contributed by atoms with Crippen molar-refractivity contribution in [3.63, 3.8) is 0 Å². The number of carbonyl (C=O) groups is 3. The molecule has 2 aromatic rings. The molecule has 0 aliphatic rings. The van der Waals surface area contributed by atoms with E-state index in [0.29, 0.717) is 25.9 Å². The zero-order valence-electron chi connectivity index (χ0n) is 20.7. The number of fused-ring (bicyclic) bond motifs is 1. The van der Waals surface area contributed by atoms with Crippen LogP contribution < -0.4 is 16.4 Å². The highest BCUT2D eigenvalue weighted by atomic mass is 16.4. The SMILES string of the molecule is CC(C)CC(CC(=O)O)C(=O)N[C@H](C)Cc1cn(C(=O)NCCCCCCN)c2ccccc12. The van der Waals surface area contributed by atoms with Gasteiger partial charge in [-0.15, -0.1) is 0 Å². The van der Waals surface area contributed by atoms with Gasteiger partial charge in [0, 0.05) is 30.1 Å². The largest absolute Gasteiger partial charge is 0.481 e. The number of nitrogens with one attached hydrogen (secondary N) is 2. The van der Waals surface area contributed by atoms with Gasteiger partial charge in [-0.2, -0.15) is 0 Å². The number of para-hydroxylation sites is 1. The Labute approximate surface area is 202 Å². The van der Waals surface area contributed by atoms with Crippen molar-refractivity contribution in [2.24, 2.45) is 17.6 Å². The van der Waals surface area contributed by atoms with Crippen LogP contribution in [0.1, 0.15) is 64.9 Å². The number of amides is 2. The second kappa shape index (κ2) is 13.7. The summed E-state index contributed by atoms with van der Waals surface area (Å²) in [5, 5.41) is 16.1. The molecule has 0 bridgehead atoms. The lowest BCUT2D eigenvalue weighted by Crippen LogP contribution is -2.39. The van der Waals surface area contributed by atoms with Crippen LogP contribution >= 0.6 is 0 Å². The van der Waals surface area contributed by atoms with E-state index in [1.54, 1.807) is 4.57 Å². The van der Waals surface area contributed by atoms with Crippen molar-refractivity contribution >= 4 is 28.8 Å². The van der Waals surface area contributed by atoms with Gasteiger partial charge < -0.3 is 21.5 Å². The number of carboxylic acids is 1. The number of nitrogens with two attached hydrogens (primary N) is 1. The van der Waals surface area contributed by atoms with Gasteiger partial charge in [0.25, 0.3) is 0 Å². The summed E-state index contributed by atoms with van der Waals surface area (Å²) >= 11 is 0. The zero-order chi connectivity index (χ0) is 25.1. The molecule has 0 saturated carbocycles. The molecule has 8 nitrogen and oxygen atoms in total. The molecule has 0 aliphatic carbocycles. The zero-order valence-corrected chi connectivity index (χ0v) is 20.7. The molecular weight excluding hydrogens is 432 g/mol. The van der Waals surface area contributed by atoms with Gasteiger partial charge in [-0.25, -0.2) is 4.79 Å². The van der Waals surface area contributed by atoms with Crippen molar-refractivity contribution in [2.45, 2.75) is 71.8 Å². The second-order valence-electron chi connectivity index (χ2n) is 9.51. The number of carboxylic acid groups (broad SMARTS) is 1. The lowest BCUT2D eigenvalue weighted by molar-refractivity contribution is -0.141. The van der Waals surface area contributed by atoms with E-state index in [1.807, 2.05) is 51.2 Å². The highest BCUT2D eigenvalue weighted by Crippen LogP contribution is 2.23. The number of unbranched alkanes of at least 4 members (excludes halogenated alkanes) is 3. The van der Waals surface area contributed by atoms with Gasteiger partial charge in [0.2, 0.25) is 5.91 Å². The maximum absolute atomic E-state index is 12.8. The lowest BCUT2D eigenvalue weighted by Gasteiger charge is -2.20. The Balaban J connectivity index is 2.05. The van der Waals surface area contributed by atoms with Crippen molar-refractivity contribution in [1.82, 2.24) is 15.2 Å². The fourth-order valence-corrected chi connectivity index (χ4v) is 4.29. The van der Waals surface area contributed by atoms with Crippen LogP contribution in [0.2, 0.25) is 0 Å². The number of nitrogens with zero attached hydrogens (tertiary/aromatic N) is 1. The maximum Gasteiger partial charge on any atom is 0.326 e. The lowest BCUT2D eigenvalue weighted by atomic mass is 9.93. The van der Waals surface area contributed by atoms with E-state index in [1.165, 1.54) is 0 Å². The van der Waals surface area contributed by atoms with Crippen molar-refractivity contribution in [1.29, 1.82) is 0 Å². The molecule has 1 aromatic carbocycles. The number of hydrogen-bond donors (Lipinski definition) is 4. The average molecular weight is 473 g/mol. The van der Waals surface area contributed by atoms with Crippen LogP contribution in [-0.4, -0.2) is 46.7 Å². The first-order valence-corrected chi connectivity index (χ1v) is 12.3. The van der Waals surface area contributed by atoms with E-state index >= 15 is 0 Å². The highest BCUT2D eigenvalue weighted by Gasteiger charge is 2.24. The molecule has 2 amide bonds. The minimum absolute atomic E-state index is 0.170. The van der Waals surface area contributed by atoms with Crippen LogP contribution in [0.15, 0.2) is 30.5 Å². The molecule has 0 spiro atoms. The minimum atomic E-state index is -0.970. The molecule has 0 saturated heterocycles. The third-order valence-electron chi connectivity index (χ3n) is 5.88.